The number of carbonyl (C=O) groups is 1. The third-order valence-corrected chi connectivity index (χ3v) is 3.91. The molecular formula is C18H21FN2O4. The van der Waals surface area contributed by atoms with Crippen molar-refractivity contribution < 1.29 is 23.9 Å². The zero-order valence-electron chi connectivity index (χ0n) is 14.3. The van der Waals surface area contributed by atoms with E-state index >= 15 is 0 Å². The van der Waals surface area contributed by atoms with Crippen LogP contribution in [0, 0.1) is 5.82 Å². The molecule has 2 atom stereocenters. The fourth-order valence-electron chi connectivity index (χ4n) is 2.36. The zero-order valence-corrected chi connectivity index (χ0v) is 14.3. The number of hydroxylamine groups is 2. The van der Waals surface area contributed by atoms with Crippen molar-refractivity contribution in [3.8, 4) is 11.5 Å². The lowest BCUT2D eigenvalue weighted by atomic mass is 10.1. The number of amides is 2. The van der Waals surface area contributed by atoms with E-state index in [0.29, 0.717) is 21.9 Å². The Morgan fingerprint density at radius 1 is 1.16 bits per heavy atom. The van der Waals surface area contributed by atoms with Crippen LogP contribution >= 0.6 is 0 Å². The number of ether oxygens (including phenoxy) is 2. The number of halogens is 1. The molecule has 0 heterocycles. The summed E-state index contributed by atoms with van der Waals surface area (Å²) in [6.45, 7) is 3.45. The van der Waals surface area contributed by atoms with E-state index < -0.39 is 17.9 Å². The van der Waals surface area contributed by atoms with Crippen LogP contribution < -0.4 is 15.2 Å². The predicted molar refractivity (Wildman–Crippen MR) is 90.1 cm³/mol. The SMILES string of the molecule is COc1ccc(C(C)Oc2ccc(C(C)N(O)C(N)=O)cc2)cc1F. The molecule has 134 valence electrons. The molecule has 2 amide bonds. The van der Waals surface area contributed by atoms with Gasteiger partial charge in [0.1, 0.15) is 11.9 Å². The number of primary amides is 1. The number of hydrogen-bond donors (Lipinski definition) is 2. The lowest BCUT2D eigenvalue weighted by Gasteiger charge is -2.21. The first-order valence-electron chi connectivity index (χ1n) is 7.71. The van der Waals surface area contributed by atoms with Crippen molar-refractivity contribution in [2.75, 3.05) is 7.11 Å². The highest BCUT2D eigenvalue weighted by Gasteiger charge is 2.17. The molecule has 0 fully saturated rings. The highest BCUT2D eigenvalue weighted by molar-refractivity contribution is 5.71. The van der Waals surface area contributed by atoms with Gasteiger partial charge in [0.15, 0.2) is 11.6 Å². The first kappa shape index (κ1) is 18.5. The van der Waals surface area contributed by atoms with Gasteiger partial charge >= 0.3 is 6.03 Å². The van der Waals surface area contributed by atoms with Gasteiger partial charge in [-0.05, 0) is 49.2 Å². The van der Waals surface area contributed by atoms with Gasteiger partial charge in [-0.1, -0.05) is 18.2 Å². The minimum atomic E-state index is -0.928. The zero-order chi connectivity index (χ0) is 18.6. The van der Waals surface area contributed by atoms with E-state index in [1.54, 1.807) is 50.2 Å². The van der Waals surface area contributed by atoms with Gasteiger partial charge in [0.05, 0.1) is 13.2 Å². The van der Waals surface area contributed by atoms with Gasteiger partial charge in [-0.3, -0.25) is 5.21 Å². The summed E-state index contributed by atoms with van der Waals surface area (Å²) in [4.78, 5) is 11.0. The molecule has 0 saturated carbocycles. The monoisotopic (exact) mass is 348 g/mol. The summed E-state index contributed by atoms with van der Waals surface area (Å²) in [7, 11) is 1.41. The van der Waals surface area contributed by atoms with Gasteiger partial charge in [0, 0.05) is 0 Å². The summed E-state index contributed by atoms with van der Waals surface area (Å²) in [6, 6.07) is 9.99. The molecule has 2 unspecified atom stereocenters. The maximum absolute atomic E-state index is 13.8. The topological polar surface area (TPSA) is 85.0 Å². The summed E-state index contributed by atoms with van der Waals surface area (Å²) in [5, 5.41) is 10.0. The van der Waals surface area contributed by atoms with Gasteiger partial charge in [0.25, 0.3) is 0 Å². The molecule has 0 bridgehead atoms. The summed E-state index contributed by atoms with van der Waals surface area (Å²) < 4.78 is 24.5. The van der Waals surface area contributed by atoms with Crippen LogP contribution in [0.2, 0.25) is 0 Å². The summed E-state index contributed by atoms with van der Waals surface area (Å²) >= 11 is 0. The normalized spacial score (nSPS) is 13.0. The Labute approximate surface area is 145 Å². The fraction of sp³-hybridized carbons (Fsp3) is 0.278. The first-order chi connectivity index (χ1) is 11.8. The van der Waals surface area contributed by atoms with Crippen LogP contribution in [0.15, 0.2) is 42.5 Å². The molecule has 0 aliphatic carbocycles. The van der Waals surface area contributed by atoms with Crippen molar-refractivity contribution in [2.24, 2.45) is 5.73 Å². The summed E-state index contributed by atoms with van der Waals surface area (Å²) in [5.41, 5.74) is 6.40. The molecule has 0 saturated heterocycles. The number of nitrogens with zero attached hydrogens (tertiary/aromatic N) is 1. The molecule has 2 aromatic carbocycles. The quantitative estimate of drug-likeness (QED) is 0.614. The number of methoxy groups -OCH3 is 1. The van der Waals surface area contributed by atoms with Crippen LogP contribution in [-0.2, 0) is 0 Å². The molecule has 0 aliphatic rings. The maximum Gasteiger partial charge on any atom is 0.339 e. The van der Waals surface area contributed by atoms with Crippen molar-refractivity contribution in [3.63, 3.8) is 0 Å². The molecule has 0 aromatic heterocycles. The number of urea groups is 1. The van der Waals surface area contributed by atoms with Crippen molar-refractivity contribution in [1.29, 1.82) is 0 Å². The molecule has 0 spiro atoms. The fourth-order valence-corrected chi connectivity index (χ4v) is 2.36. The Hall–Kier alpha value is -2.80. The second kappa shape index (κ2) is 7.85. The van der Waals surface area contributed by atoms with Crippen molar-refractivity contribution in [3.05, 3.63) is 59.4 Å². The largest absolute Gasteiger partial charge is 0.494 e. The predicted octanol–water partition coefficient (Wildman–Crippen LogP) is 3.81. The van der Waals surface area contributed by atoms with Crippen LogP contribution in [0.3, 0.4) is 0 Å². The summed E-state index contributed by atoms with van der Waals surface area (Å²) in [5.74, 6) is 0.301. The Morgan fingerprint density at radius 2 is 1.76 bits per heavy atom. The van der Waals surface area contributed by atoms with Gasteiger partial charge in [-0.15, -0.1) is 0 Å². The van der Waals surface area contributed by atoms with Gasteiger partial charge < -0.3 is 15.2 Å². The van der Waals surface area contributed by atoms with Crippen LogP contribution in [0.25, 0.3) is 0 Å². The highest BCUT2D eigenvalue weighted by Crippen LogP contribution is 2.27. The standard InChI is InChI=1S/C18H21FN2O4/c1-11(21(23)18(20)22)13-4-7-15(8-5-13)25-12(2)14-6-9-17(24-3)16(19)10-14/h4-12,23H,1-3H3,(H2,20,22). The number of carbonyl (C=O) groups excluding carboxylic acids is 1. The summed E-state index contributed by atoms with van der Waals surface area (Å²) in [6.07, 6.45) is -0.372. The average Bonchev–Trinajstić information content (AvgIpc) is 2.60. The van der Waals surface area contributed by atoms with Crippen molar-refractivity contribution in [2.45, 2.75) is 26.0 Å². The van der Waals surface area contributed by atoms with Gasteiger partial charge in [0.2, 0.25) is 0 Å². The minimum absolute atomic E-state index is 0.178. The molecule has 2 aromatic rings. The highest BCUT2D eigenvalue weighted by atomic mass is 19.1. The Balaban J connectivity index is 2.08. The smallest absolute Gasteiger partial charge is 0.339 e. The number of hydrogen-bond acceptors (Lipinski definition) is 4. The van der Waals surface area contributed by atoms with E-state index in [-0.39, 0.29) is 11.9 Å². The molecule has 7 heteroatoms. The Kier molecular flexibility index (Phi) is 5.82. The third-order valence-electron chi connectivity index (χ3n) is 3.91. The lowest BCUT2D eigenvalue weighted by Crippen LogP contribution is -2.34. The van der Waals surface area contributed by atoms with Gasteiger partial charge in [-0.2, -0.15) is 5.06 Å². The van der Waals surface area contributed by atoms with Crippen molar-refractivity contribution >= 4 is 6.03 Å². The third kappa shape index (κ3) is 4.39. The van der Waals surface area contributed by atoms with Crippen LogP contribution in [0.1, 0.15) is 37.1 Å². The molecule has 0 aliphatic heterocycles. The first-order valence-corrected chi connectivity index (χ1v) is 7.71. The van der Waals surface area contributed by atoms with E-state index in [1.807, 2.05) is 0 Å². The van der Waals surface area contributed by atoms with Crippen LogP contribution in [0.4, 0.5) is 9.18 Å². The molecule has 0 radical (unpaired) electrons. The van der Waals surface area contributed by atoms with E-state index in [0.717, 1.165) is 0 Å². The van der Waals surface area contributed by atoms with Crippen LogP contribution in [-0.4, -0.2) is 23.4 Å². The van der Waals surface area contributed by atoms with Crippen molar-refractivity contribution in [1.82, 2.24) is 5.06 Å². The second-order valence-corrected chi connectivity index (χ2v) is 5.58. The molecular weight excluding hydrogens is 327 g/mol. The van der Waals surface area contributed by atoms with E-state index in [1.165, 1.54) is 13.2 Å². The second-order valence-electron chi connectivity index (χ2n) is 5.58. The molecule has 6 nitrogen and oxygen atoms in total. The lowest BCUT2D eigenvalue weighted by molar-refractivity contribution is -0.0710. The number of benzene rings is 2. The van der Waals surface area contributed by atoms with E-state index in [9.17, 15) is 14.4 Å². The van der Waals surface area contributed by atoms with Crippen LogP contribution in [0.5, 0.6) is 11.5 Å². The molecule has 3 N–H and O–H groups in total. The maximum atomic E-state index is 13.8. The molecule has 2 rings (SSSR count). The van der Waals surface area contributed by atoms with E-state index in [4.69, 9.17) is 15.2 Å². The number of nitrogens with two attached hydrogens (primary N) is 1. The Morgan fingerprint density at radius 3 is 2.28 bits per heavy atom. The average molecular weight is 348 g/mol. The number of rotatable bonds is 6. The molecule has 25 heavy (non-hydrogen) atoms. The minimum Gasteiger partial charge on any atom is -0.494 e. The van der Waals surface area contributed by atoms with E-state index in [2.05, 4.69) is 0 Å². The Bertz CT molecular complexity index is 736. The van der Waals surface area contributed by atoms with Gasteiger partial charge in [-0.25, -0.2) is 9.18 Å².